The first-order valence-electron chi connectivity index (χ1n) is 10.8. The van der Waals surface area contributed by atoms with Crippen LogP contribution >= 0.6 is 34.5 Å². The molecule has 0 radical (unpaired) electrons. The predicted octanol–water partition coefficient (Wildman–Crippen LogP) is 4.43. The molecule has 0 unspecified atom stereocenters. The number of nitrogens with one attached hydrogen (secondary N) is 2. The van der Waals surface area contributed by atoms with Crippen molar-refractivity contribution >= 4 is 71.3 Å². The van der Waals surface area contributed by atoms with Crippen molar-refractivity contribution in [1.82, 2.24) is 9.29 Å². The Balaban J connectivity index is 1.38. The summed E-state index contributed by atoms with van der Waals surface area (Å²) in [7, 11) is -7.52. The number of sulfonamides is 2. The van der Waals surface area contributed by atoms with Crippen molar-refractivity contribution < 1.29 is 21.6 Å². The van der Waals surface area contributed by atoms with E-state index in [9.17, 15) is 21.6 Å². The zero-order valence-electron chi connectivity index (χ0n) is 18.7. The van der Waals surface area contributed by atoms with E-state index in [-0.39, 0.29) is 33.3 Å². The Kier molecular flexibility index (Phi) is 8.22. The van der Waals surface area contributed by atoms with Gasteiger partial charge in [-0.3, -0.25) is 9.52 Å². The summed E-state index contributed by atoms with van der Waals surface area (Å²) in [5.41, 5.74) is 0.841. The number of thiazole rings is 1. The summed E-state index contributed by atoms with van der Waals surface area (Å²) in [5, 5.41) is 5.34. The van der Waals surface area contributed by atoms with E-state index >= 15 is 0 Å². The third kappa shape index (κ3) is 6.55. The maximum Gasteiger partial charge on any atom is 0.263 e. The molecule has 2 N–H and O–H groups in total. The number of anilines is 2. The summed E-state index contributed by atoms with van der Waals surface area (Å²) in [4.78, 5) is 16.8. The first-order valence-corrected chi connectivity index (χ1v) is 15.5. The Morgan fingerprint density at radius 3 is 2.53 bits per heavy atom. The third-order valence-corrected chi connectivity index (χ3v) is 10.1. The van der Waals surface area contributed by atoms with Gasteiger partial charge in [0.2, 0.25) is 15.9 Å². The van der Waals surface area contributed by atoms with Gasteiger partial charge in [-0.1, -0.05) is 29.3 Å². The number of carbonyl (C=O) groups is 1. The number of halogens is 2. The van der Waals surface area contributed by atoms with Crippen LogP contribution in [0.15, 0.2) is 58.9 Å². The lowest BCUT2D eigenvalue weighted by Crippen LogP contribution is -2.44. The lowest BCUT2D eigenvalue weighted by molar-refractivity contribution is -0.120. The molecule has 0 aliphatic carbocycles. The van der Waals surface area contributed by atoms with Crippen molar-refractivity contribution in [2.45, 2.75) is 23.5 Å². The van der Waals surface area contributed by atoms with E-state index in [0.29, 0.717) is 35.7 Å². The Labute approximate surface area is 223 Å². The van der Waals surface area contributed by atoms with Crippen LogP contribution in [-0.4, -0.2) is 45.1 Å². The minimum Gasteiger partial charge on any atom is -0.326 e. The lowest BCUT2D eigenvalue weighted by atomic mass is 9.99. The molecule has 3 aromatic rings. The van der Waals surface area contributed by atoms with Crippen LogP contribution in [0.3, 0.4) is 0 Å². The number of benzene rings is 2. The Hall–Kier alpha value is -2.22. The van der Waals surface area contributed by atoms with Gasteiger partial charge in [0.1, 0.15) is 0 Å². The smallest absolute Gasteiger partial charge is 0.263 e. The largest absolute Gasteiger partial charge is 0.326 e. The van der Waals surface area contributed by atoms with Gasteiger partial charge >= 0.3 is 0 Å². The molecule has 4 rings (SSSR count). The maximum atomic E-state index is 13.0. The average molecular weight is 590 g/mol. The Morgan fingerprint density at radius 1 is 1.11 bits per heavy atom. The normalized spacial score (nSPS) is 17.0. The molecule has 0 saturated carbocycles. The SMILES string of the molecule is O=C(Nc1ccc(S(=O)(=O)Nc2nccs2)cc1)[C@@H]1CCCN(S(=O)(=O)Cc2ccc(Cl)cc2Cl)C1. The van der Waals surface area contributed by atoms with Crippen LogP contribution in [0.25, 0.3) is 0 Å². The van der Waals surface area contributed by atoms with Gasteiger partial charge in [-0.25, -0.2) is 26.1 Å². The first-order chi connectivity index (χ1) is 17.0. The maximum absolute atomic E-state index is 13.0. The molecule has 1 saturated heterocycles. The first kappa shape index (κ1) is 26.8. The average Bonchev–Trinajstić information content (AvgIpc) is 3.34. The van der Waals surface area contributed by atoms with E-state index in [2.05, 4.69) is 15.0 Å². The van der Waals surface area contributed by atoms with Crippen molar-refractivity contribution in [2.75, 3.05) is 23.1 Å². The van der Waals surface area contributed by atoms with Crippen LogP contribution in [-0.2, 0) is 30.6 Å². The van der Waals surface area contributed by atoms with E-state index in [1.807, 2.05) is 0 Å². The molecular weight excluding hydrogens is 567 g/mol. The number of nitrogens with zero attached hydrogens (tertiary/aromatic N) is 2. The number of hydrogen-bond acceptors (Lipinski definition) is 7. The van der Waals surface area contributed by atoms with Crippen LogP contribution in [0.4, 0.5) is 10.8 Å². The molecule has 1 amide bonds. The molecule has 0 spiro atoms. The number of rotatable bonds is 8. The molecule has 1 aromatic heterocycles. The van der Waals surface area contributed by atoms with E-state index in [1.165, 1.54) is 40.8 Å². The van der Waals surface area contributed by atoms with Crippen LogP contribution in [0.1, 0.15) is 18.4 Å². The summed E-state index contributed by atoms with van der Waals surface area (Å²) in [6.45, 7) is 0.361. The quantitative estimate of drug-likeness (QED) is 0.401. The van der Waals surface area contributed by atoms with Crippen LogP contribution < -0.4 is 10.0 Å². The minimum absolute atomic E-state index is 0.0199. The molecule has 36 heavy (non-hydrogen) atoms. The van der Waals surface area contributed by atoms with Crippen molar-refractivity contribution in [3.8, 4) is 0 Å². The number of hydrogen-bond donors (Lipinski definition) is 2. The molecule has 192 valence electrons. The van der Waals surface area contributed by atoms with Gasteiger partial charge in [-0.2, -0.15) is 0 Å². The standard InChI is InChI=1S/C22H22Cl2N4O5S3/c23-17-4-3-16(20(24)12-17)14-35(30,31)28-10-1-2-15(13-28)21(29)26-18-5-7-19(8-6-18)36(32,33)27-22-25-9-11-34-22/h3-9,11-12,15H,1-2,10,13-14H2,(H,25,27)(H,26,29)/t15-/m1/s1. The van der Waals surface area contributed by atoms with E-state index in [4.69, 9.17) is 23.2 Å². The second-order valence-electron chi connectivity index (χ2n) is 8.15. The molecule has 1 aliphatic rings. The Morgan fingerprint density at radius 2 is 1.86 bits per heavy atom. The second-order valence-corrected chi connectivity index (χ2v) is 13.5. The number of aromatic nitrogens is 1. The van der Waals surface area contributed by atoms with Crippen molar-refractivity contribution in [1.29, 1.82) is 0 Å². The molecule has 1 fully saturated rings. The monoisotopic (exact) mass is 588 g/mol. The van der Waals surface area contributed by atoms with Gasteiger partial charge in [-0.15, -0.1) is 11.3 Å². The van der Waals surface area contributed by atoms with Gasteiger partial charge in [0.25, 0.3) is 10.0 Å². The highest BCUT2D eigenvalue weighted by molar-refractivity contribution is 7.93. The van der Waals surface area contributed by atoms with Gasteiger partial charge in [0.15, 0.2) is 5.13 Å². The molecule has 14 heteroatoms. The topological polar surface area (TPSA) is 126 Å². The number of carbonyl (C=O) groups excluding carboxylic acids is 1. The van der Waals surface area contributed by atoms with E-state index in [0.717, 1.165) is 11.3 Å². The predicted molar refractivity (Wildman–Crippen MR) is 141 cm³/mol. The number of piperidine rings is 1. The Bertz CT molecular complexity index is 1450. The van der Waals surface area contributed by atoms with E-state index in [1.54, 1.807) is 17.5 Å². The zero-order valence-corrected chi connectivity index (χ0v) is 22.7. The van der Waals surface area contributed by atoms with Crippen molar-refractivity contribution in [3.63, 3.8) is 0 Å². The summed E-state index contributed by atoms with van der Waals surface area (Å²) < 4.78 is 54.6. The van der Waals surface area contributed by atoms with Crippen LogP contribution in [0.5, 0.6) is 0 Å². The van der Waals surface area contributed by atoms with Gasteiger partial charge in [0.05, 0.1) is 16.6 Å². The van der Waals surface area contributed by atoms with Crippen molar-refractivity contribution in [3.05, 3.63) is 69.7 Å². The fraction of sp³-hybridized carbons (Fsp3) is 0.273. The van der Waals surface area contributed by atoms with Gasteiger partial charge < -0.3 is 5.32 Å². The lowest BCUT2D eigenvalue weighted by Gasteiger charge is -2.31. The molecule has 1 atom stereocenters. The second kappa shape index (κ2) is 11.0. The van der Waals surface area contributed by atoms with E-state index < -0.39 is 26.0 Å². The third-order valence-electron chi connectivity index (χ3n) is 5.59. The minimum atomic E-state index is -3.81. The van der Waals surface area contributed by atoms with Crippen LogP contribution in [0, 0.1) is 5.92 Å². The summed E-state index contributed by atoms with van der Waals surface area (Å²) >= 11 is 13.2. The molecular formula is C22H22Cl2N4O5S3. The highest BCUT2D eigenvalue weighted by Gasteiger charge is 2.33. The summed E-state index contributed by atoms with van der Waals surface area (Å²) in [6, 6.07) is 10.4. The fourth-order valence-electron chi connectivity index (χ4n) is 3.75. The zero-order chi connectivity index (χ0) is 25.9. The highest BCUT2D eigenvalue weighted by atomic mass is 35.5. The highest BCUT2D eigenvalue weighted by Crippen LogP contribution is 2.27. The molecule has 1 aliphatic heterocycles. The molecule has 0 bridgehead atoms. The molecule has 2 heterocycles. The fourth-order valence-corrected chi connectivity index (χ4v) is 7.73. The van der Waals surface area contributed by atoms with Gasteiger partial charge in [-0.05, 0) is 54.8 Å². The summed E-state index contributed by atoms with van der Waals surface area (Å²) in [5.74, 6) is -1.18. The number of amides is 1. The molecule has 2 aromatic carbocycles. The van der Waals surface area contributed by atoms with Crippen LogP contribution in [0.2, 0.25) is 10.0 Å². The molecule has 9 nitrogen and oxygen atoms in total. The summed E-state index contributed by atoms with van der Waals surface area (Å²) in [6.07, 6.45) is 2.56. The van der Waals surface area contributed by atoms with Crippen molar-refractivity contribution in [2.24, 2.45) is 5.92 Å². The van der Waals surface area contributed by atoms with Gasteiger partial charge in [0, 0.05) is 40.4 Å².